The first-order chi connectivity index (χ1) is 12.8. The number of rotatable bonds is 4. The molecule has 1 heterocycles. The van der Waals surface area contributed by atoms with Gasteiger partial charge in [0, 0.05) is 17.8 Å². The number of aromatic nitrogens is 1. The van der Waals surface area contributed by atoms with Crippen LogP contribution in [0.3, 0.4) is 0 Å². The molecule has 7 heteroatoms. The maximum absolute atomic E-state index is 5.35. The van der Waals surface area contributed by atoms with Gasteiger partial charge in [0.15, 0.2) is 0 Å². The summed E-state index contributed by atoms with van der Waals surface area (Å²) in [6.45, 7) is 0. The summed E-state index contributed by atoms with van der Waals surface area (Å²) in [7, 11) is 4.20. The Morgan fingerprint density at radius 1 is 1.04 bits per heavy atom. The first kappa shape index (κ1) is 20.8. The Morgan fingerprint density at radius 3 is 2.38 bits per heavy atom. The van der Waals surface area contributed by atoms with Crippen molar-refractivity contribution in [1.29, 1.82) is 0 Å². The third-order valence-corrected chi connectivity index (χ3v) is 4.29. The number of aliphatic imine (C=N–C) groups is 1. The Morgan fingerprint density at radius 2 is 1.73 bits per heavy atom. The van der Waals surface area contributed by atoms with E-state index in [0.717, 1.165) is 29.8 Å². The molecule has 0 bridgehead atoms. The fraction of sp³-hybridized carbons (Fsp3) is 0.316. The number of benzene rings is 1. The third-order valence-electron chi connectivity index (χ3n) is 4.09. The number of hydrogen-bond donors (Lipinski definition) is 1. The van der Waals surface area contributed by atoms with Crippen LogP contribution in [0.5, 0.6) is 0 Å². The van der Waals surface area contributed by atoms with Crippen molar-refractivity contribution in [2.75, 3.05) is 0 Å². The zero-order valence-corrected chi connectivity index (χ0v) is 16.8. The zero-order valence-electron chi connectivity index (χ0n) is 14.2. The number of halogens is 1. The molecular formula is C19H21ClCuN4S. The van der Waals surface area contributed by atoms with Gasteiger partial charge in [0.25, 0.3) is 0 Å². The van der Waals surface area contributed by atoms with Gasteiger partial charge in [-0.15, -0.1) is 0 Å². The smallest absolute Gasteiger partial charge is 0.116 e. The molecule has 1 N–H and O–H groups in total. The van der Waals surface area contributed by atoms with Crippen molar-refractivity contribution in [3.05, 3.63) is 66.0 Å². The van der Waals surface area contributed by atoms with Crippen LogP contribution < -0.4 is 5.43 Å². The van der Waals surface area contributed by atoms with Gasteiger partial charge in [-0.3, -0.25) is 15.4 Å². The van der Waals surface area contributed by atoms with Gasteiger partial charge in [-0.2, -0.15) is 5.10 Å². The minimum atomic E-state index is 0.337. The summed E-state index contributed by atoms with van der Waals surface area (Å²) in [5.41, 5.74) is 5.49. The van der Waals surface area contributed by atoms with Gasteiger partial charge in [-0.1, -0.05) is 55.7 Å². The quantitative estimate of drug-likeness (QED) is 0.255. The molecule has 0 unspecified atom stereocenters. The van der Waals surface area contributed by atoms with Crippen LogP contribution in [0.25, 0.3) is 0 Å². The van der Waals surface area contributed by atoms with Crippen LogP contribution in [0, 0.1) is 0 Å². The predicted molar refractivity (Wildman–Crippen MR) is 107 cm³/mol. The van der Waals surface area contributed by atoms with E-state index in [-0.39, 0.29) is 0 Å². The van der Waals surface area contributed by atoms with Gasteiger partial charge < -0.3 is 12.6 Å². The van der Waals surface area contributed by atoms with Crippen molar-refractivity contribution < 1.29 is 15.1 Å². The van der Waals surface area contributed by atoms with Crippen LogP contribution in [0.15, 0.2) is 64.8 Å². The molecule has 1 aliphatic carbocycles. The van der Waals surface area contributed by atoms with E-state index >= 15 is 0 Å². The molecule has 2 aromatic rings. The van der Waals surface area contributed by atoms with Gasteiger partial charge in [0.2, 0.25) is 0 Å². The standard InChI is InChI=1S/C19H22N4S.ClH.Cu/c24-19(21-16-11-5-2-6-12-16)23-22-18(15-9-3-1-4-10-15)17-13-7-8-14-20-17;;/h1,3-4,7-10,13-14,16H,2,5-6,11-12H2,(H2,21,23,24);1H;/q;;+2/p-2/b22-18-;;. The van der Waals surface area contributed by atoms with Gasteiger partial charge in [-0.25, -0.2) is 0 Å². The molecule has 0 aliphatic heterocycles. The topological polar surface area (TPSA) is 49.6 Å². The second kappa shape index (κ2) is 12.0. The monoisotopic (exact) mass is 435 g/mol. The van der Waals surface area contributed by atoms with Crippen molar-refractivity contribution in [2.24, 2.45) is 10.1 Å². The minimum Gasteiger partial charge on any atom is -0.741 e. The summed E-state index contributed by atoms with van der Waals surface area (Å²) in [5.74, 6) is 0. The maximum atomic E-state index is 5.35. The molecule has 0 saturated heterocycles. The minimum absolute atomic E-state index is 0.337. The Balaban J connectivity index is 0.00000117. The molecule has 1 aromatic heterocycles. The van der Waals surface area contributed by atoms with Gasteiger partial charge in [0.1, 0.15) is 5.71 Å². The number of nitrogens with one attached hydrogen (secondary N) is 1. The first-order valence-corrected chi connectivity index (χ1v) is 10.2. The van der Waals surface area contributed by atoms with E-state index < -0.39 is 0 Å². The van der Waals surface area contributed by atoms with E-state index in [2.05, 4.69) is 45.7 Å². The van der Waals surface area contributed by atoms with Gasteiger partial charge >= 0.3 is 25.2 Å². The Kier molecular flexibility index (Phi) is 9.64. The average Bonchev–Trinajstić information content (AvgIpc) is 2.72. The summed E-state index contributed by atoms with van der Waals surface area (Å²) in [6.07, 6.45) is 7.79. The number of nitrogens with zero attached hydrogens (tertiary/aromatic N) is 3. The maximum Gasteiger partial charge on any atom is 0.116 e. The van der Waals surface area contributed by atoms with Crippen molar-refractivity contribution >= 4 is 33.6 Å². The normalized spacial score (nSPS) is 15.8. The van der Waals surface area contributed by atoms with E-state index in [0.29, 0.717) is 11.2 Å². The summed E-state index contributed by atoms with van der Waals surface area (Å²) < 4.78 is 0. The molecule has 1 aliphatic rings. The third kappa shape index (κ3) is 6.69. The SMILES string of the molecule is [Cl][Cu+].[S-]C(=NC1CCCCC1)N/N=C(/c1ccccc1)c1ccccn1. The summed E-state index contributed by atoms with van der Waals surface area (Å²) >= 11 is 9.01. The number of pyridine rings is 1. The van der Waals surface area contributed by atoms with E-state index in [4.69, 9.17) is 12.6 Å². The molecule has 1 fully saturated rings. The van der Waals surface area contributed by atoms with Crippen LogP contribution in [-0.2, 0) is 27.7 Å². The molecule has 0 amide bonds. The van der Waals surface area contributed by atoms with E-state index in [1.807, 2.05) is 48.5 Å². The fourth-order valence-corrected chi connectivity index (χ4v) is 3.07. The second-order valence-corrected chi connectivity index (χ2v) is 6.27. The Hall–Kier alpha value is -1.46. The van der Waals surface area contributed by atoms with E-state index in [9.17, 15) is 0 Å². The Labute approximate surface area is 173 Å². The molecule has 1 saturated carbocycles. The van der Waals surface area contributed by atoms with Gasteiger partial charge in [0.05, 0.1) is 5.69 Å². The summed E-state index contributed by atoms with van der Waals surface area (Å²) in [5, 5.41) is 4.95. The predicted octanol–water partition coefficient (Wildman–Crippen LogP) is 4.35. The average molecular weight is 436 g/mol. The molecule has 0 atom stereocenters. The zero-order chi connectivity index (χ0) is 18.6. The fourth-order valence-electron chi connectivity index (χ4n) is 2.88. The molecule has 141 valence electrons. The van der Waals surface area contributed by atoms with Gasteiger partial charge in [-0.05, 0) is 30.1 Å². The van der Waals surface area contributed by atoms with Crippen LogP contribution in [0.2, 0.25) is 0 Å². The van der Waals surface area contributed by atoms with Crippen LogP contribution in [0.1, 0.15) is 43.4 Å². The molecule has 0 spiro atoms. The second-order valence-electron chi connectivity index (χ2n) is 5.88. The summed E-state index contributed by atoms with van der Waals surface area (Å²) in [6, 6.07) is 16.1. The molecule has 26 heavy (non-hydrogen) atoms. The van der Waals surface area contributed by atoms with Crippen LogP contribution in [-0.4, -0.2) is 21.9 Å². The number of hydrazone groups is 1. The summed E-state index contributed by atoms with van der Waals surface area (Å²) in [4.78, 5) is 8.99. The molecule has 4 nitrogen and oxygen atoms in total. The molecule has 1 aromatic carbocycles. The number of hydrogen-bond acceptors (Lipinski definition) is 4. The molecule has 3 rings (SSSR count). The molecular weight excluding hydrogens is 415 g/mol. The molecule has 0 radical (unpaired) electrons. The van der Waals surface area contributed by atoms with Crippen LogP contribution >= 0.6 is 10.1 Å². The van der Waals surface area contributed by atoms with Crippen molar-refractivity contribution in [2.45, 2.75) is 38.1 Å². The van der Waals surface area contributed by atoms with E-state index in [1.54, 1.807) is 6.20 Å². The van der Waals surface area contributed by atoms with Crippen LogP contribution in [0.4, 0.5) is 0 Å². The largest absolute Gasteiger partial charge is 0.741 e. The Bertz CT molecular complexity index is 662. The van der Waals surface area contributed by atoms with E-state index in [1.165, 1.54) is 19.3 Å². The van der Waals surface area contributed by atoms with Crippen molar-refractivity contribution in [3.63, 3.8) is 0 Å². The number of amidine groups is 1. The van der Waals surface area contributed by atoms with Crippen molar-refractivity contribution in [3.8, 4) is 0 Å². The first-order valence-electron chi connectivity index (χ1n) is 8.49. The van der Waals surface area contributed by atoms with Crippen molar-refractivity contribution in [1.82, 2.24) is 10.4 Å².